The van der Waals surface area contributed by atoms with E-state index in [0.717, 1.165) is 26.2 Å². The van der Waals surface area contributed by atoms with E-state index in [1.54, 1.807) is 0 Å². The van der Waals surface area contributed by atoms with E-state index < -0.39 is 6.10 Å². The largest absolute Gasteiger partial charge is 0.394 e. The summed E-state index contributed by atoms with van der Waals surface area (Å²) < 4.78 is 5.52. The van der Waals surface area contributed by atoms with Gasteiger partial charge in [0.25, 0.3) is 0 Å². The van der Waals surface area contributed by atoms with Gasteiger partial charge in [-0.25, -0.2) is 0 Å². The predicted molar refractivity (Wildman–Crippen MR) is 53.2 cm³/mol. The third-order valence-corrected chi connectivity index (χ3v) is 2.30. The number of morpholine rings is 1. The normalized spacial score (nSPS) is 26.4. The first-order chi connectivity index (χ1) is 6.72. The topological polar surface area (TPSA) is 65.0 Å². The average Bonchev–Trinajstić information content (AvgIpc) is 2.17. The van der Waals surface area contributed by atoms with Crippen molar-refractivity contribution in [2.75, 3.05) is 46.4 Å². The highest BCUT2D eigenvalue weighted by Gasteiger charge is 2.17. The lowest BCUT2D eigenvalue weighted by molar-refractivity contribution is -0.0197. The van der Waals surface area contributed by atoms with Gasteiger partial charge in [0.15, 0.2) is 0 Å². The molecular formula is C9H20N2O3. The monoisotopic (exact) mass is 204 g/mol. The van der Waals surface area contributed by atoms with Gasteiger partial charge in [-0.15, -0.1) is 0 Å². The number of hydrogen-bond donors (Lipinski definition) is 3. The maximum absolute atomic E-state index is 9.08. The van der Waals surface area contributed by atoms with E-state index in [1.807, 2.05) is 0 Å². The van der Waals surface area contributed by atoms with Crippen LogP contribution in [0.1, 0.15) is 0 Å². The molecule has 1 saturated heterocycles. The van der Waals surface area contributed by atoms with Crippen LogP contribution in [0.25, 0.3) is 0 Å². The van der Waals surface area contributed by atoms with Crippen LogP contribution in [0.4, 0.5) is 0 Å². The highest BCUT2D eigenvalue weighted by atomic mass is 16.5. The van der Waals surface area contributed by atoms with E-state index in [1.165, 1.54) is 0 Å². The van der Waals surface area contributed by atoms with Gasteiger partial charge in [-0.2, -0.15) is 0 Å². The minimum atomic E-state index is -0.670. The first-order valence-electron chi connectivity index (χ1n) is 5.02. The fourth-order valence-corrected chi connectivity index (χ4v) is 1.47. The van der Waals surface area contributed by atoms with Gasteiger partial charge in [0.2, 0.25) is 0 Å². The molecule has 2 atom stereocenters. The first kappa shape index (κ1) is 11.9. The van der Waals surface area contributed by atoms with Crippen LogP contribution in [0, 0.1) is 0 Å². The van der Waals surface area contributed by atoms with E-state index in [0.29, 0.717) is 6.54 Å². The molecule has 2 unspecified atom stereocenters. The standard InChI is InChI=1S/C9H20N2O3/c1-11-2-3-14-9(6-11)5-10-4-8(13)7-12/h8-10,12-13H,2-7H2,1H3. The summed E-state index contributed by atoms with van der Waals surface area (Å²) in [5.74, 6) is 0. The molecular weight excluding hydrogens is 184 g/mol. The Morgan fingerprint density at radius 2 is 2.43 bits per heavy atom. The number of likely N-dealkylation sites (N-methyl/N-ethyl adjacent to an activating group) is 1. The molecule has 14 heavy (non-hydrogen) atoms. The number of rotatable bonds is 5. The van der Waals surface area contributed by atoms with E-state index in [2.05, 4.69) is 17.3 Å². The Morgan fingerprint density at radius 3 is 3.07 bits per heavy atom. The zero-order chi connectivity index (χ0) is 10.4. The molecule has 0 aromatic carbocycles. The molecule has 84 valence electrons. The average molecular weight is 204 g/mol. The third kappa shape index (κ3) is 4.34. The summed E-state index contributed by atoms with van der Waals surface area (Å²) in [4.78, 5) is 2.22. The summed E-state index contributed by atoms with van der Waals surface area (Å²) in [6.07, 6.45) is -0.476. The molecule has 1 aliphatic rings. The second-order valence-electron chi connectivity index (χ2n) is 3.75. The lowest BCUT2D eigenvalue weighted by atomic mass is 10.2. The van der Waals surface area contributed by atoms with Gasteiger partial charge in [0.05, 0.1) is 25.4 Å². The molecule has 0 aromatic heterocycles. The number of aliphatic hydroxyl groups is 2. The number of hydrogen-bond acceptors (Lipinski definition) is 5. The van der Waals surface area contributed by atoms with Crippen molar-refractivity contribution >= 4 is 0 Å². The summed E-state index contributed by atoms with van der Waals surface area (Å²) in [7, 11) is 2.07. The summed E-state index contributed by atoms with van der Waals surface area (Å²) in [6, 6.07) is 0. The van der Waals surface area contributed by atoms with Crippen molar-refractivity contribution in [1.29, 1.82) is 0 Å². The van der Waals surface area contributed by atoms with Gasteiger partial charge >= 0.3 is 0 Å². The lowest BCUT2D eigenvalue weighted by Crippen LogP contribution is -2.46. The molecule has 0 aromatic rings. The van der Waals surface area contributed by atoms with Crippen LogP contribution in [0.3, 0.4) is 0 Å². The first-order valence-corrected chi connectivity index (χ1v) is 5.02. The summed E-state index contributed by atoms with van der Waals surface area (Å²) in [5.41, 5.74) is 0. The van der Waals surface area contributed by atoms with Crippen molar-refractivity contribution in [2.24, 2.45) is 0 Å². The van der Waals surface area contributed by atoms with Gasteiger partial charge in [-0.05, 0) is 7.05 Å². The maximum Gasteiger partial charge on any atom is 0.0894 e. The van der Waals surface area contributed by atoms with Gasteiger partial charge < -0.3 is 25.2 Å². The zero-order valence-electron chi connectivity index (χ0n) is 8.65. The second-order valence-corrected chi connectivity index (χ2v) is 3.75. The van der Waals surface area contributed by atoms with E-state index in [4.69, 9.17) is 14.9 Å². The van der Waals surface area contributed by atoms with Crippen LogP contribution in [-0.4, -0.2) is 73.8 Å². The number of ether oxygens (including phenoxy) is 1. The van der Waals surface area contributed by atoms with Crippen LogP contribution in [-0.2, 0) is 4.74 Å². The summed E-state index contributed by atoms with van der Waals surface area (Å²) in [5, 5.41) is 20.7. The van der Waals surface area contributed by atoms with Crippen LogP contribution >= 0.6 is 0 Å². The van der Waals surface area contributed by atoms with Gasteiger partial charge in [0.1, 0.15) is 0 Å². The minimum absolute atomic E-state index is 0.194. The summed E-state index contributed by atoms with van der Waals surface area (Å²) >= 11 is 0. The molecule has 1 fully saturated rings. The SMILES string of the molecule is CN1CCOC(CNCC(O)CO)C1. The second kappa shape index (κ2) is 6.31. The van der Waals surface area contributed by atoms with Crippen LogP contribution in [0.2, 0.25) is 0 Å². The third-order valence-electron chi connectivity index (χ3n) is 2.30. The van der Waals surface area contributed by atoms with Crippen molar-refractivity contribution in [3.05, 3.63) is 0 Å². The summed E-state index contributed by atoms with van der Waals surface area (Å²) in [6.45, 7) is 3.61. The number of nitrogens with one attached hydrogen (secondary N) is 1. The van der Waals surface area contributed by atoms with Crippen LogP contribution in [0.15, 0.2) is 0 Å². The molecule has 0 spiro atoms. The molecule has 1 heterocycles. The highest BCUT2D eigenvalue weighted by molar-refractivity contribution is 4.71. The van der Waals surface area contributed by atoms with E-state index in [-0.39, 0.29) is 12.7 Å². The Balaban J connectivity index is 2.05. The Bertz CT molecular complexity index is 157. The Morgan fingerprint density at radius 1 is 1.64 bits per heavy atom. The molecule has 0 amide bonds. The minimum Gasteiger partial charge on any atom is -0.394 e. The molecule has 0 saturated carbocycles. The molecule has 0 aliphatic carbocycles. The fourth-order valence-electron chi connectivity index (χ4n) is 1.47. The molecule has 1 aliphatic heterocycles. The van der Waals surface area contributed by atoms with Crippen molar-refractivity contribution in [2.45, 2.75) is 12.2 Å². The zero-order valence-corrected chi connectivity index (χ0v) is 8.65. The van der Waals surface area contributed by atoms with E-state index in [9.17, 15) is 0 Å². The highest BCUT2D eigenvalue weighted by Crippen LogP contribution is 2.01. The lowest BCUT2D eigenvalue weighted by Gasteiger charge is -2.30. The predicted octanol–water partition coefficient (Wildman–Crippen LogP) is -1.74. The maximum atomic E-state index is 9.08. The van der Waals surface area contributed by atoms with Crippen molar-refractivity contribution in [3.63, 3.8) is 0 Å². The quantitative estimate of drug-likeness (QED) is 0.496. The van der Waals surface area contributed by atoms with Crippen LogP contribution in [0.5, 0.6) is 0 Å². The molecule has 0 radical (unpaired) electrons. The molecule has 3 N–H and O–H groups in total. The van der Waals surface area contributed by atoms with Crippen molar-refractivity contribution < 1.29 is 14.9 Å². The van der Waals surface area contributed by atoms with Crippen molar-refractivity contribution in [3.8, 4) is 0 Å². The number of aliphatic hydroxyl groups excluding tert-OH is 2. The Labute approximate surface area is 84.7 Å². The molecule has 0 bridgehead atoms. The van der Waals surface area contributed by atoms with Gasteiger partial charge in [-0.3, -0.25) is 0 Å². The number of nitrogens with zero attached hydrogens (tertiary/aromatic N) is 1. The smallest absolute Gasteiger partial charge is 0.0894 e. The van der Waals surface area contributed by atoms with Crippen molar-refractivity contribution in [1.82, 2.24) is 10.2 Å². The Hall–Kier alpha value is -0.200. The van der Waals surface area contributed by atoms with E-state index >= 15 is 0 Å². The fraction of sp³-hybridized carbons (Fsp3) is 1.00. The molecule has 5 heteroatoms. The molecule has 5 nitrogen and oxygen atoms in total. The Kier molecular flexibility index (Phi) is 5.36. The molecule has 1 rings (SSSR count). The van der Waals surface area contributed by atoms with Crippen LogP contribution < -0.4 is 5.32 Å². The van der Waals surface area contributed by atoms with Gasteiger partial charge in [-0.1, -0.05) is 0 Å². The van der Waals surface area contributed by atoms with Gasteiger partial charge in [0, 0.05) is 26.2 Å².